The van der Waals surface area contributed by atoms with Crippen molar-refractivity contribution < 1.29 is 4.57 Å². The van der Waals surface area contributed by atoms with E-state index in [0.717, 1.165) is 0 Å². The van der Waals surface area contributed by atoms with Crippen molar-refractivity contribution >= 4 is 102 Å². The SMILES string of the molecule is C[n+]1ccc(-c2cc(-c3ccc(-c4cc(-c5cccs5)c(-c5cccs5)s4)s3)c(-c3ccc(-c4cc(-c5cccs5)c(-c5cccs5)s4)s3)s2)cc1. The van der Waals surface area contributed by atoms with Crippen molar-refractivity contribution in [3.05, 3.63) is 137 Å². The van der Waals surface area contributed by atoms with Crippen LogP contribution in [-0.4, -0.2) is 0 Å². The zero-order chi connectivity index (χ0) is 34.6. The van der Waals surface area contributed by atoms with E-state index < -0.39 is 0 Å². The molecule has 0 unspecified atom stereocenters. The Bertz CT molecular complexity index is 2450. The standard InChI is InChI=1S/C42H26NS9/c1-43-16-14-25(15-17-43)37-22-28(31-10-11-32(48-31)38-23-26(29-6-2-18-44-29)40(51-38)34-8-4-20-46-34)42(50-37)36-13-12-33(49-36)39-24-27(30-7-3-19-45-30)41(52-39)35-9-5-21-47-35/h2-24H,1H3/q+1. The molecule has 0 aliphatic rings. The number of hydrogen-bond donors (Lipinski definition) is 0. The highest BCUT2D eigenvalue weighted by atomic mass is 32.1. The van der Waals surface area contributed by atoms with Crippen LogP contribution in [0.5, 0.6) is 0 Å². The Balaban J connectivity index is 1.06. The van der Waals surface area contributed by atoms with E-state index in [2.05, 4.69) is 149 Å². The van der Waals surface area contributed by atoms with Crippen molar-refractivity contribution in [1.82, 2.24) is 0 Å². The zero-order valence-corrected chi connectivity index (χ0v) is 34.7. The molecule has 0 N–H and O–H groups in total. The Kier molecular flexibility index (Phi) is 8.91. The van der Waals surface area contributed by atoms with E-state index >= 15 is 0 Å². The molecule has 0 aliphatic carbocycles. The fourth-order valence-electron chi connectivity index (χ4n) is 6.21. The predicted octanol–water partition coefficient (Wildman–Crippen LogP) is 16.1. The molecule has 52 heavy (non-hydrogen) atoms. The molecule has 0 spiro atoms. The number of aromatic nitrogens is 1. The molecule has 0 bridgehead atoms. The number of pyridine rings is 1. The molecule has 0 radical (unpaired) electrons. The van der Waals surface area contributed by atoms with Crippen LogP contribution in [0.25, 0.3) is 90.5 Å². The fraction of sp³-hybridized carbons (Fsp3) is 0.0238. The molecule has 0 aromatic carbocycles. The molecular formula is C42H26NS9+. The van der Waals surface area contributed by atoms with Crippen molar-refractivity contribution in [1.29, 1.82) is 0 Å². The molecule has 0 fully saturated rings. The van der Waals surface area contributed by atoms with Crippen LogP contribution in [0.4, 0.5) is 0 Å². The second-order valence-corrected chi connectivity index (χ2v) is 21.2. The Morgan fingerprint density at radius 1 is 0.346 bits per heavy atom. The first-order valence-electron chi connectivity index (χ1n) is 16.4. The van der Waals surface area contributed by atoms with E-state index in [4.69, 9.17) is 0 Å². The van der Waals surface area contributed by atoms with Crippen molar-refractivity contribution in [2.75, 3.05) is 0 Å². The van der Waals surface area contributed by atoms with Gasteiger partial charge >= 0.3 is 0 Å². The number of hydrogen-bond acceptors (Lipinski definition) is 9. The van der Waals surface area contributed by atoms with Gasteiger partial charge in [0.2, 0.25) is 0 Å². The second kappa shape index (κ2) is 14.0. The minimum atomic E-state index is 1.25. The van der Waals surface area contributed by atoms with Gasteiger partial charge in [-0.1, -0.05) is 24.3 Å². The Morgan fingerprint density at radius 2 is 0.750 bits per heavy atom. The summed E-state index contributed by atoms with van der Waals surface area (Å²) in [5.74, 6) is 0. The summed E-state index contributed by atoms with van der Waals surface area (Å²) in [4.78, 5) is 18.6. The molecule has 10 heteroatoms. The van der Waals surface area contributed by atoms with Gasteiger partial charge in [-0.25, -0.2) is 4.57 Å². The molecule has 252 valence electrons. The summed E-state index contributed by atoms with van der Waals surface area (Å²) in [7, 11) is 2.08. The average Bonchev–Trinajstić information content (AvgIpc) is 4.03. The van der Waals surface area contributed by atoms with E-state index in [0.29, 0.717) is 0 Å². The van der Waals surface area contributed by atoms with Gasteiger partial charge in [-0.3, -0.25) is 0 Å². The first-order valence-corrected chi connectivity index (χ1v) is 24.0. The summed E-state index contributed by atoms with van der Waals surface area (Å²) in [6, 6.07) is 38.6. The monoisotopic (exact) mass is 832 g/mol. The minimum absolute atomic E-state index is 1.25. The van der Waals surface area contributed by atoms with Gasteiger partial charge in [-0.15, -0.1) is 102 Å². The molecule has 10 aromatic rings. The predicted molar refractivity (Wildman–Crippen MR) is 237 cm³/mol. The largest absolute Gasteiger partial charge is 0.208 e. The van der Waals surface area contributed by atoms with Crippen molar-refractivity contribution in [2.24, 2.45) is 7.05 Å². The lowest BCUT2D eigenvalue weighted by Crippen LogP contribution is -2.25. The van der Waals surface area contributed by atoms with E-state index in [1.807, 2.05) is 102 Å². The van der Waals surface area contributed by atoms with Crippen LogP contribution in [0.15, 0.2) is 137 Å². The summed E-state index contributed by atoms with van der Waals surface area (Å²) in [6.45, 7) is 0. The van der Waals surface area contributed by atoms with E-state index in [1.165, 1.54) is 90.5 Å². The minimum Gasteiger partial charge on any atom is -0.208 e. The smallest absolute Gasteiger partial charge is 0.169 e. The van der Waals surface area contributed by atoms with Crippen molar-refractivity contribution in [3.8, 4) is 90.5 Å². The van der Waals surface area contributed by atoms with Crippen molar-refractivity contribution in [2.45, 2.75) is 0 Å². The third-order valence-corrected chi connectivity index (χ3v) is 18.8. The number of aryl methyl sites for hydroxylation is 1. The molecule has 0 aliphatic heterocycles. The van der Waals surface area contributed by atoms with Crippen LogP contribution in [0, 0.1) is 0 Å². The highest BCUT2D eigenvalue weighted by Gasteiger charge is 2.22. The van der Waals surface area contributed by atoms with Crippen LogP contribution in [0.3, 0.4) is 0 Å². The van der Waals surface area contributed by atoms with Gasteiger partial charge in [-0.05, 0) is 88.3 Å². The molecule has 0 saturated carbocycles. The zero-order valence-electron chi connectivity index (χ0n) is 27.4. The first-order chi connectivity index (χ1) is 25.6. The van der Waals surface area contributed by atoms with Crippen LogP contribution in [-0.2, 0) is 7.05 Å². The summed E-state index contributed by atoms with van der Waals surface area (Å²) < 4.78 is 2.10. The molecule has 1 nitrogen and oxygen atoms in total. The second-order valence-electron chi connectivity index (χ2n) is 12.0. The van der Waals surface area contributed by atoms with Gasteiger partial charge in [0.25, 0.3) is 0 Å². The van der Waals surface area contributed by atoms with Gasteiger partial charge in [0.05, 0.1) is 14.6 Å². The van der Waals surface area contributed by atoms with Crippen LogP contribution < -0.4 is 4.57 Å². The molecule has 10 heterocycles. The highest BCUT2D eigenvalue weighted by molar-refractivity contribution is 7.30. The Hall–Kier alpha value is -3.55. The number of nitrogens with zero attached hydrogens (tertiary/aromatic N) is 1. The number of thiophene rings is 9. The maximum Gasteiger partial charge on any atom is 0.169 e. The summed E-state index contributed by atoms with van der Waals surface area (Å²) >= 11 is 16.8. The maximum absolute atomic E-state index is 2.42. The van der Waals surface area contributed by atoms with Crippen LogP contribution in [0.2, 0.25) is 0 Å². The van der Waals surface area contributed by atoms with Gasteiger partial charge in [0, 0.05) is 88.0 Å². The quantitative estimate of drug-likeness (QED) is 0.128. The van der Waals surface area contributed by atoms with Crippen LogP contribution >= 0.6 is 102 Å². The molecular weight excluding hydrogens is 807 g/mol. The normalized spacial score (nSPS) is 11.6. The van der Waals surface area contributed by atoms with E-state index in [9.17, 15) is 0 Å². The van der Waals surface area contributed by atoms with E-state index in [-0.39, 0.29) is 0 Å². The van der Waals surface area contributed by atoms with Crippen molar-refractivity contribution in [3.63, 3.8) is 0 Å². The molecule has 0 saturated heterocycles. The van der Waals surface area contributed by atoms with Gasteiger partial charge < -0.3 is 0 Å². The topological polar surface area (TPSA) is 3.88 Å². The lowest BCUT2D eigenvalue weighted by atomic mass is 10.1. The van der Waals surface area contributed by atoms with Gasteiger partial charge in [-0.2, -0.15) is 0 Å². The van der Waals surface area contributed by atoms with Gasteiger partial charge in [0.15, 0.2) is 12.4 Å². The van der Waals surface area contributed by atoms with E-state index in [1.54, 1.807) is 0 Å². The maximum atomic E-state index is 2.42. The Labute approximate surface area is 338 Å². The summed E-state index contributed by atoms with van der Waals surface area (Å²) in [6.07, 6.45) is 4.28. The Morgan fingerprint density at radius 3 is 1.27 bits per heavy atom. The summed E-state index contributed by atoms with van der Waals surface area (Å²) in [5, 5.41) is 8.71. The first kappa shape index (κ1) is 33.1. The molecule has 0 amide bonds. The average molecular weight is 833 g/mol. The molecule has 10 aromatic heterocycles. The third kappa shape index (κ3) is 6.20. The van der Waals surface area contributed by atoms with Gasteiger partial charge in [0.1, 0.15) is 7.05 Å². The number of rotatable bonds is 9. The molecule has 10 rings (SSSR count). The lowest BCUT2D eigenvalue weighted by Gasteiger charge is -1.99. The lowest BCUT2D eigenvalue weighted by molar-refractivity contribution is -0.671. The summed E-state index contributed by atoms with van der Waals surface area (Å²) in [5.41, 5.74) is 5.25. The highest BCUT2D eigenvalue weighted by Crippen LogP contribution is 2.53. The third-order valence-electron chi connectivity index (χ3n) is 8.71. The molecule has 0 atom stereocenters. The fourth-order valence-corrected chi connectivity index (χ4v) is 15.5. The van der Waals surface area contributed by atoms with Crippen LogP contribution in [0.1, 0.15) is 0 Å².